The average Bonchev–Trinajstić information content (AvgIpc) is 2.55. The molecule has 2 aromatic rings. The van der Waals surface area contributed by atoms with Gasteiger partial charge in [0.2, 0.25) is 0 Å². The van der Waals surface area contributed by atoms with Crippen LogP contribution in [0.1, 0.15) is 16.7 Å². The van der Waals surface area contributed by atoms with Crippen LogP contribution in [0.2, 0.25) is 0 Å². The van der Waals surface area contributed by atoms with E-state index in [-0.39, 0.29) is 12.0 Å². The third-order valence-corrected chi connectivity index (χ3v) is 3.52. The van der Waals surface area contributed by atoms with Gasteiger partial charge in [-0.15, -0.1) is 0 Å². The quantitative estimate of drug-likeness (QED) is 0.810. The summed E-state index contributed by atoms with van der Waals surface area (Å²) in [5.74, 6) is -1.37. The number of hydrogen-bond acceptors (Lipinski definition) is 4. The van der Waals surface area contributed by atoms with Crippen LogP contribution in [0.25, 0.3) is 0 Å². The first-order valence-electron chi connectivity index (χ1n) is 6.73. The first-order chi connectivity index (χ1) is 10.5. The normalized spacial score (nSPS) is 13.2. The molecule has 1 amide bonds. The van der Waals surface area contributed by atoms with Crippen molar-refractivity contribution in [2.45, 2.75) is 12.0 Å². The highest BCUT2D eigenvalue weighted by molar-refractivity contribution is 5.89. The Morgan fingerprint density at radius 3 is 2.27 bits per heavy atom. The highest BCUT2D eigenvalue weighted by Crippen LogP contribution is 2.32. The summed E-state index contributed by atoms with van der Waals surface area (Å²) in [6.07, 6.45) is -0.0604. The second-order valence-electron chi connectivity index (χ2n) is 4.85. The number of primary amides is 1. The van der Waals surface area contributed by atoms with Gasteiger partial charge in [-0.3, -0.25) is 9.59 Å². The van der Waals surface area contributed by atoms with E-state index in [1.54, 1.807) is 54.6 Å². The van der Waals surface area contributed by atoms with E-state index in [1.165, 1.54) is 7.11 Å². The maximum atomic E-state index is 12.0. The number of carbonyl (C=O) groups excluding carboxylic acids is 2. The molecule has 2 aromatic carbocycles. The smallest absolute Gasteiger partial charge is 0.309 e. The lowest BCUT2D eigenvalue weighted by Crippen LogP contribution is -2.43. The molecule has 0 bridgehead atoms. The summed E-state index contributed by atoms with van der Waals surface area (Å²) in [6.45, 7) is 0. The highest BCUT2D eigenvalue weighted by atomic mass is 16.5. The largest absolute Gasteiger partial charge is 0.469 e. The van der Waals surface area contributed by atoms with Gasteiger partial charge < -0.3 is 15.6 Å². The van der Waals surface area contributed by atoms with Gasteiger partial charge in [-0.25, -0.2) is 0 Å². The molecule has 5 nitrogen and oxygen atoms in total. The predicted molar refractivity (Wildman–Crippen MR) is 80.8 cm³/mol. The van der Waals surface area contributed by atoms with Gasteiger partial charge in [0.15, 0.2) is 5.60 Å². The lowest BCUT2D eigenvalue weighted by molar-refractivity contribution is -0.140. The zero-order valence-corrected chi connectivity index (χ0v) is 12.2. The van der Waals surface area contributed by atoms with Crippen LogP contribution in [0.4, 0.5) is 0 Å². The van der Waals surface area contributed by atoms with Crippen molar-refractivity contribution in [1.29, 1.82) is 0 Å². The SMILES string of the molecule is COC(=O)Cc1ccccc1C(O)(C(N)=O)c1ccccc1. The van der Waals surface area contributed by atoms with Crippen molar-refractivity contribution >= 4 is 11.9 Å². The van der Waals surface area contributed by atoms with E-state index in [0.29, 0.717) is 11.1 Å². The summed E-state index contributed by atoms with van der Waals surface area (Å²) in [4.78, 5) is 23.5. The second kappa shape index (κ2) is 6.41. The molecule has 22 heavy (non-hydrogen) atoms. The highest BCUT2D eigenvalue weighted by Gasteiger charge is 2.39. The molecule has 1 unspecified atom stereocenters. The van der Waals surface area contributed by atoms with Crippen LogP contribution in [0, 0.1) is 0 Å². The minimum atomic E-state index is -2.01. The Morgan fingerprint density at radius 1 is 1.09 bits per heavy atom. The van der Waals surface area contributed by atoms with Crippen molar-refractivity contribution in [3.63, 3.8) is 0 Å². The summed E-state index contributed by atoms with van der Waals surface area (Å²) >= 11 is 0. The summed E-state index contributed by atoms with van der Waals surface area (Å²) < 4.78 is 4.65. The van der Waals surface area contributed by atoms with Crippen molar-refractivity contribution in [2.24, 2.45) is 5.73 Å². The van der Waals surface area contributed by atoms with E-state index in [2.05, 4.69) is 4.74 Å². The third-order valence-electron chi connectivity index (χ3n) is 3.52. The maximum absolute atomic E-state index is 12.0. The molecule has 1 atom stereocenters. The van der Waals surface area contributed by atoms with Crippen LogP contribution >= 0.6 is 0 Å². The Balaban J connectivity index is 2.60. The van der Waals surface area contributed by atoms with E-state index in [9.17, 15) is 14.7 Å². The van der Waals surface area contributed by atoms with Gasteiger partial charge in [-0.05, 0) is 11.1 Å². The fraction of sp³-hybridized carbons (Fsp3) is 0.176. The standard InChI is InChI=1S/C17H17NO4/c1-22-15(19)11-12-7-5-6-10-14(12)17(21,16(18)20)13-8-3-2-4-9-13/h2-10,21H,11H2,1H3,(H2,18,20). The summed E-state index contributed by atoms with van der Waals surface area (Å²) in [7, 11) is 1.28. The summed E-state index contributed by atoms with van der Waals surface area (Å²) in [5.41, 5.74) is 4.56. The van der Waals surface area contributed by atoms with Gasteiger partial charge in [-0.1, -0.05) is 54.6 Å². The molecule has 2 rings (SSSR count). The number of esters is 1. The number of aliphatic hydroxyl groups is 1. The Hall–Kier alpha value is -2.66. The molecule has 0 aliphatic heterocycles. The van der Waals surface area contributed by atoms with Gasteiger partial charge in [-0.2, -0.15) is 0 Å². The number of amides is 1. The third kappa shape index (κ3) is 2.84. The van der Waals surface area contributed by atoms with E-state index >= 15 is 0 Å². The predicted octanol–water partition coefficient (Wildman–Crippen LogP) is 1.12. The molecule has 114 valence electrons. The number of ether oxygens (including phenoxy) is 1. The molecule has 0 saturated heterocycles. The number of benzene rings is 2. The summed E-state index contributed by atoms with van der Waals surface area (Å²) in [5, 5.41) is 11.0. The first kappa shape index (κ1) is 15.7. The van der Waals surface area contributed by atoms with Crippen LogP contribution in [0.3, 0.4) is 0 Å². The Labute approximate surface area is 128 Å². The number of rotatable bonds is 5. The Morgan fingerprint density at radius 2 is 1.68 bits per heavy atom. The topological polar surface area (TPSA) is 89.6 Å². The molecule has 0 aliphatic carbocycles. The van der Waals surface area contributed by atoms with E-state index in [0.717, 1.165) is 0 Å². The van der Waals surface area contributed by atoms with Crippen LogP contribution in [0.15, 0.2) is 54.6 Å². The summed E-state index contributed by atoms with van der Waals surface area (Å²) in [6, 6.07) is 15.0. The van der Waals surface area contributed by atoms with Crippen molar-refractivity contribution in [3.8, 4) is 0 Å². The van der Waals surface area contributed by atoms with Gasteiger partial charge in [0, 0.05) is 5.56 Å². The molecule has 0 aromatic heterocycles. The lowest BCUT2D eigenvalue weighted by atomic mass is 9.82. The van der Waals surface area contributed by atoms with Gasteiger partial charge in [0.05, 0.1) is 13.5 Å². The van der Waals surface area contributed by atoms with Crippen molar-refractivity contribution in [3.05, 3.63) is 71.3 Å². The Bertz CT molecular complexity index is 684. The van der Waals surface area contributed by atoms with E-state index < -0.39 is 17.5 Å². The van der Waals surface area contributed by atoms with Crippen molar-refractivity contribution in [1.82, 2.24) is 0 Å². The van der Waals surface area contributed by atoms with Gasteiger partial charge in [0.1, 0.15) is 0 Å². The minimum absolute atomic E-state index is 0.0604. The molecule has 0 saturated carbocycles. The fourth-order valence-corrected chi connectivity index (χ4v) is 2.36. The zero-order valence-electron chi connectivity index (χ0n) is 12.2. The van der Waals surface area contributed by atoms with Gasteiger partial charge >= 0.3 is 5.97 Å². The molecule has 0 spiro atoms. The number of methoxy groups -OCH3 is 1. The molecule has 5 heteroatoms. The fourth-order valence-electron chi connectivity index (χ4n) is 2.36. The maximum Gasteiger partial charge on any atom is 0.309 e. The molecule has 0 fully saturated rings. The van der Waals surface area contributed by atoms with Gasteiger partial charge in [0.25, 0.3) is 5.91 Å². The number of nitrogens with two attached hydrogens (primary N) is 1. The Kier molecular flexibility index (Phi) is 4.58. The van der Waals surface area contributed by atoms with Crippen molar-refractivity contribution < 1.29 is 19.4 Å². The van der Waals surface area contributed by atoms with Crippen LogP contribution in [-0.2, 0) is 26.3 Å². The van der Waals surface area contributed by atoms with Crippen LogP contribution in [0.5, 0.6) is 0 Å². The molecular weight excluding hydrogens is 282 g/mol. The second-order valence-corrected chi connectivity index (χ2v) is 4.85. The molecule has 0 aliphatic rings. The molecule has 3 N–H and O–H groups in total. The number of hydrogen-bond donors (Lipinski definition) is 2. The zero-order chi connectivity index (χ0) is 16.2. The lowest BCUT2D eigenvalue weighted by Gasteiger charge is -2.27. The van der Waals surface area contributed by atoms with Crippen LogP contribution < -0.4 is 5.73 Å². The van der Waals surface area contributed by atoms with Crippen LogP contribution in [-0.4, -0.2) is 24.1 Å². The van der Waals surface area contributed by atoms with E-state index in [4.69, 9.17) is 5.73 Å². The molecule has 0 radical (unpaired) electrons. The monoisotopic (exact) mass is 299 g/mol. The minimum Gasteiger partial charge on any atom is -0.469 e. The molecular formula is C17H17NO4. The first-order valence-corrected chi connectivity index (χ1v) is 6.73. The molecule has 0 heterocycles. The van der Waals surface area contributed by atoms with E-state index in [1.807, 2.05) is 0 Å². The number of carbonyl (C=O) groups is 2. The van der Waals surface area contributed by atoms with Crippen molar-refractivity contribution in [2.75, 3.05) is 7.11 Å². The average molecular weight is 299 g/mol.